The second-order valence-corrected chi connectivity index (χ2v) is 4.12. The van der Waals surface area contributed by atoms with Gasteiger partial charge in [-0.3, -0.25) is 0 Å². The average Bonchev–Trinajstić information content (AvgIpc) is 2.07. The molecule has 2 nitrogen and oxygen atoms in total. The van der Waals surface area contributed by atoms with E-state index in [9.17, 15) is 0 Å². The van der Waals surface area contributed by atoms with Gasteiger partial charge in [0.1, 0.15) is 0 Å². The van der Waals surface area contributed by atoms with E-state index in [4.69, 9.17) is 18.0 Å². The summed E-state index contributed by atoms with van der Waals surface area (Å²) in [5.74, 6) is 0.465. The number of hydrogen-bond acceptors (Lipinski definition) is 1. The van der Waals surface area contributed by atoms with Gasteiger partial charge in [0.25, 0.3) is 0 Å². The van der Waals surface area contributed by atoms with Gasteiger partial charge in [-0.1, -0.05) is 32.0 Å². The summed E-state index contributed by atoms with van der Waals surface area (Å²) in [6, 6.07) is 6.19. The normalized spacial score (nSPS) is 10.3. The van der Waals surface area contributed by atoms with Crippen molar-refractivity contribution in [3.63, 3.8) is 0 Å². The Kier molecular flexibility index (Phi) is 3.47. The van der Waals surface area contributed by atoms with Gasteiger partial charge in [-0.2, -0.15) is 0 Å². The SMILES string of the molecule is Cc1cccc(C(C)C)c1NC(N)=S. The molecule has 0 fully saturated rings. The van der Waals surface area contributed by atoms with Crippen LogP contribution in [0.25, 0.3) is 0 Å². The molecule has 3 heteroatoms. The first-order valence-corrected chi connectivity index (χ1v) is 5.09. The number of rotatable bonds is 2. The highest BCUT2D eigenvalue weighted by Crippen LogP contribution is 2.26. The Morgan fingerprint density at radius 2 is 2.07 bits per heavy atom. The van der Waals surface area contributed by atoms with Gasteiger partial charge in [0.2, 0.25) is 0 Å². The van der Waals surface area contributed by atoms with E-state index in [1.54, 1.807) is 0 Å². The Morgan fingerprint density at radius 3 is 2.57 bits per heavy atom. The van der Waals surface area contributed by atoms with E-state index < -0.39 is 0 Å². The van der Waals surface area contributed by atoms with Crippen molar-refractivity contribution in [2.75, 3.05) is 5.32 Å². The maximum Gasteiger partial charge on any atom is 0.168 e. The zero-order valence-electron chi connectivity index (χ0n) is 8.79. The van der Waals surface area contributed by atoms with Gasteiger partial charge in [0, 0.05) is 5.69 Å². The van der Waals surface area contributed by atoms with Gasteiger partial charge in [-0.05, 0) is 36.2 Å². The van der Waals surface area contributed by atoms with Crippen molar-refractivity contribution in [2.45, 2.75) is 26.7 Å². The van der Waals surface area contributed by atoms with Crippen LogP contribution in [0.1, 0.15) is 30.9 Å². The third-order valence-corrected chi connectivity index (χ3v) is 2.28. The van der Waals surface area contributed by atoms with E-state index in [-0.39, 0.29) is 0 Å². The van der Waals surface area contributed by atoms with Crippen LogP contribution in [0.4, 0.5) is 5.69 Å². The Hall–Kier alpha value is -1.09. The lowest BCUT2D eigenvalue weighted by atomic mass is 9.98. The average molecular weight is 208 g/mol. The Labute approximate surface area is 90.5 Å². The number of thiocarbonyl (C=S) groups is 1. The molecule has 1 aromatic carbocycles. The van der Waals surface area contributed by atoms with Crippen molar-refractivity contribution in [1.82, 2.24) is 0 Å². The molecule has 0 atom stereocenters. The van der Waals surface area contributed by atoms with Crippen LogP contribution in [0, 0.1) is 6.92 Å². The van der Waals surface area contributed by atoms with E-state index in [0.717, 1.165) is 5.69 Å². The lowest BCUT2D eigenvalue weighted by Crippen LogP contribution is -2.20. The van der Waals surface area contributed by atoms with Crippen molar-refractivity contribution in [1.29, 1.82) is 0 Å². The van der Waals surface area contributed by atoms with Crippen LogP contribution in [0.5, 0.6) is 0 Å². The fourth-order valence-electron chi connectivity index (χ4n) is 1.47. The summed E-state index contributed by atoms with van der Waals surface area (Å²) in [7, 11) is 0. The van der Waals surface area contributed by atoms with Crippen LogP contribution in [-0.2, 0) is 0 Å². The van der Waals surface area contributed by atoms with Crippen LogP contribution >= 0.6 is 12.2 Å². The topological polar surface area (TPSA) is 38.0 Å². The number of aryl methyl sites for hydroxylation is 1. The van der Waals surface area contributed by atoms with Crippen molar-refractivity contribution in [3.05, 3.63) is 29.3 Å². The standard InChI is InChI=1S/C11H16N2S/c1-7(2)9-6-4-5-8(3)10(9)13-11(12)14/h4-7H,1-3H3,(H3,12,13,14). The van der Waals surface area contributed by atoms with Gasteiger partial charge in [-0.15, -0.1) is 0 Å². The Bertz CT molecular complexity index is 345. The molecular weight excluding hydrogens is 192 g/mol. The molecule has 1 aromatic rings. The summed E-state index contributed by atoms with van der Waals surface area (Å²) in [5, 5.41) is 3.35. The molecule has 0 bridgehead atoms. The monoisotopic (exact) mass is 208 g/mol. The summed E-state index contributed by atoms with van der Waals surface area (Å²) >= 11 is 4.85. The smallest absolute Gasteiger partial charge is 0.168 e. The van der Waals surface area contributed by atoms with Crippen molar-refractivity contribution in [2.24, 2.45) is 5.73 Å². The third-order valence-electron chi connectivity index (χ3n) is 2.18. The summed E-state index contributed by atoms with van der Waals surface area (Å²) in [6.45, 7) is 6.35. The van der Waals surface area contributed by atoms with E-state index in [1.165, 1.54) is 11.1 Å². The van der Waals surface area contributed by atoms with Gasteiger partial charge in [0.05, 0.1) is 0 Å². The second kappa shape index (κ2) is 4.42. The molecule has 0 unspecified atom stereocenters. The molecule has 14 heavy (non-hydrogen) atoms. The van der Waals surface area contributed by atoms with Gasteiger partial charge in [-0.25, -0.2) is 0 Å². The van der Waals surface area contributed by atoms with E-state index in [1.807, 2.05) is 13.0 Å². The van der Waals surface area contributed by atoms with Gasteiger partial charge >= 0.3 is 0 Å². The first-order valence-electron chi connectivity index (χ1n) is 4.68. The number of nitrogens with one attached hydrogen (secondary N) is 1. The second-order valence-electron chi connectivity index (χ2n) is 3.68. The molecule has 3 N–H and O–H groups in total. The molecule has 0 radical (unpaired) electrons. The molecule has 0 saturated heterocycles. The molecule has 76 valence electrons. The number of hydrogen-bond donors (Lipinski definition) is 2. The summed E-state index contributed by atoms with van der Waals surface area (Å²) in [5.41, 5.74) is 8.95. The zero-order chi connectivity index (χ0) is 10.7. The highest BCUT2D eigenvalue weighted by molar-refractivity contribution is 7.80. The third kappa shape index (κ3) is 2.45. The minimum atomic E-state index is 0.321. The van der Waals surface area contributed by atoms with Gasteiger partial charge in [0.15, 0.2) is 5.11 Å². The fourth-order valence-corrected chi connectivity index (χ4v) is 1.57. The van der Waals surface area contributed by atoms with Crippen molar-refractivity contribution in [3.8, 4) is 0 Å². The minimum absolute atomic E-state index is 0.321. The Morgan fingerprint density at radius 1 is 1.43 bits per heavy atom. The number of para-hydroxylation sites is 1. The van der Waals surface area contributed by atoms with Crippen LogP contribution in [0.3, 0.4) is 0 Å². The molecule has 0 aliphatic heterocycles. The van der Waals surface area contributed by atoms with Crippen molar-refractivity contribution < 1.29 is 0 Å². The molecule has 0 saturated carbocycles. The van der Waals surface area contributed by atoms with Crippen LogP contribution in [0.15, 0.2) is 18.2 Å². The maximum absolute atomic E-state index is 5.48. The molecule has 0 aliphatic rings. The lowest BCUT2D eigenvalue weighted by molar-refractivity contribution is 0.868. The number of benzene rings is 1. The maximum atomic E-state index is 5.48. The van der Waals surface area contributed by atoms with Gasteiger partial charge < -0.3 is 11.1 Å². The van der Waals surface area contributed by atoms with Crippen LogP contribution in [-0.4, -0.2) is 5.11 Å². The first-order chi connectivity index (χ1) is 6.52. The number of nitrogens with two attached hydrogens (primary N) is 1. The summed E-state index contributed by atoms with van der Waals surface area (Å²) in [6.07, 6.45) is 0. The zero-order valence-corrected chi connectivity index (χ0v) is 9.61. The highest BCUT2D eigenvalue weighted by atomic mass is 32.1. The number of anilines is 1. The minimum Gasteiger partial charge on any atom is -0.376 e. The first kappa shape index (κ1) is 11.0. The van der Waals surface area contributed by atoms with Crippen molar-refractivity contribution >= 4 is 23.0 Å². The predicted octanol–water partition coefficient (Wildman–Crippen LogP) is 2.77. The molecule has 0 aromatic heterocycles. The fraction of sp³-hybridized carbons (Fsp3) is 0.364. The summed E-state index contributed by atoms with van der Waals surface area (Å²) < 4.78 is 0. The lowest BCUT2D eigenvalue weighted by Gasteiger charge is -2.16. The van der Waals surface area contributed by atoms with E-state index in [2.05, 4.69) is 31.3 Å². The predicted molar refractivity (Wildman–Crippen MR) is 65.7 cm³/mol. The molecule has 0 heterocycles. The molecule has 0 spiro atoms. The largest absolute Gasteiger partial charge is 0.376 e. The molecule has 0 amide bonds. The highest BCUT2D eigenvalue weighted by Gasteiger charge is 2.08. The van der Waals surface area contributed by atoms with E-state index >= 15 is 0 Å². The summed E-state index contributed by atoms with van der Waals surface area (Å²) in [4.78, 5) is 0. The Balaban J connectivity index is 3.15. The molecular formula is C11H16N2S. The van der Waals surface area contributed by atoms with E-state index in [0.29, 0.717) is 11.0 Å². The van der Waals surface area contributed by atoms with Crippen LogP contribution in [0.2, 0.25) is 0 Å². The molecule has 1 rings (SSSR count). The molecule has 0 aliphatic carbocycles. The van der Waals surface area contributed by atoms with Crippen LogP contribution < -0.4 is 11.1 Å². The quantitative estimate of drug-likeness (QED) is 0.734.